The van der Waals surface area contributed by atoms with Crippen LogP contribution in [0.25, 0.3) is 11.1 Å². The van der Waals surface area contributed by atoms with Gasteiger partial charge in [0.25, 0.3) is 0 Å². The van der Waals surface area contributed by atoms with Gasteiger partial charge in [-0.1, -0.05) is 24.9 Å². The molecule has 2 aliphatic rings. The highest BCUT2D eigenvalue weighted by Crippen LogP contribution is 2.35. The Kier molecular flexibility index (Phi) is 6.09. The molecule has 0 aromatic carbocycles. The Morgan fingerprint density at radius 1 is 1.20 bits per heavy atom. The second kappa shape index (κ2) is 8.76. The first-order chi connectivity index (χ1) is 14.4. The number of amides is 2. The lowest BCUT2D eigenvalue weighted by Crippen LogP contribution is -2.40. The Balaban J connectivity index is 1.50. The van der Waals surface area contributed by atoms with Crippen molar-refractivity contribution in [2.75, 3.05) is 5.32 Å². The van der Waals surface area contributed by atoms with Gasteiger partial charge < -0.3 is 10.6 Å². The predicted octanol–water partition coefficient (Wildman–Crippen LogP) is 3.81. The number of pyridine rings is 1. The zero-order valence-electron chi connectivity index (χ0n) is 17.4. The van der Waals surface area contributed by atoms with Crippen molar-refractivity contribution < 1.29 is 9.59 Å². The normalized spacial score (nSPS) is 23.5. The van der Waals surface area contributed by atoms with Crippen LogP contribution in [0.5, 0.6) is 0 Å². The first-order valence-corrected chi connectivity index (χ1v) is 11.1. The number of rotatable bonds is 4. The van der Waals surface area contributed by atoms with Crippen molar-refractivity contribution >= 4 is 29.2 Å². The lowest BCUT2D eigenvalue weighted by atomic mass is 9.85. The SMILES string of the molecule is CC(=O)N[C@H]1CCC[C@@H](C(=O)Nc2cc(-c3cnn4c3CCC(C)C4)c(Cl)cn2)C1. The third kappa shape index (κ3) is 4.51. The van der Waals surface area contributed by atoms with Crippen molar-refractivity contribution in [1.29, 1.82) is 0 Å². The van der Waals surface area contributed by atoms with E-state index in [4.69, 9.17) is 11.6 Å². The molecule has 1 saturated carbocycles. The van der Waals surface area contributed by atoms with Gasteiger partial charge in [0.2, 0.25) is 11.8 Å². The summed E-state index contributed by atoms with van der Waals surface area (Å²) in [4.78, 5) is 28.5. The van der Waals surface area contributed by atoms with E-state index in [1.807, 2.05) is 12.3 Å². The number of carbonyl (C=O) groups is 2. The van der Waals surface area contributed by atoms with Gasteiger partial charge in [-0.05, 0) is 44.1 Å². The molecule has 3 heterocycles. The van der Waals surface area contributed by atoms with Crippen LogP contribution in [-0.2, 0) is 22.6 Å². The van der Waals surface area contributed by atoms with Crippen LogP contribution in [-0.4, -0.2) is 32.6 Å². The molecule has 2 N–H and O–H groups in total. The fraction of sp³-hybridized carbons (Fsp3) is 0.545. The Labute approximate surface area is 181 Å². The largest absolute Gasteiger partial charge is 0.354 e. The van der Waals surface area contributed by atoms with E-state index < -0.39 is 0 Å². The molecule has 30 heavy (non-hydrogen) atoms. The molecule has 2 aromatic rings. The molecule has 1 fully saturated rings. The smallest absolute Gasteiger partial charge is 0.228 e. The molecule has 4 rings (SSSR count). The Hall–Kier alpha value is -2.41. The molecule has 2 aromatic heterocycles. The van der Waals surface area contributed by atoms with E-state index >= 15 is 0 Å². The molecular formula is C22H28ClN5O2. The Bertz CT molecular complexity index is 957. The number of nitrogens with one attached hydrogen (secondary N) is 2. The highest BCUT2D eigenvalue weighted by atomic mass is 35.5. The Morgan fingerprint density at radius 2 is 2.03 bits per heavy atom. The van der Waals surface area contributed by atoms with Gasteiger partial charge in [0.1, 0.15) is 5.82 Å². The molecule has 8 heteroatoms. The number of nitrogens with zero attached hydrogens (tertiary/aromatic N) is 3. The molecule has 0 bridgehead atoms. The summed E-state index contributed by atoms with van der Waals surface area (Å²) in [7, 11) is 0. The second-order valence-corrected chi connectivity index (χ2v) is 9.04. The number of halogens is 1. The third-order valence-electron chi connectivity index (χ3n) is 6.16. The molecule has 0 radical (unpaired) electrons. The van der Waals surface area contributed by atoms with Crippen molar-refractivity contribution in [3.05, 3.63) is 29.2 Å². The van der Waals surface area contributed by atoms with Crippen molar-refractivity contribution in [1.82, 2.24) is 20.1 Å². The molecule has 160 valence electrons. The van der Waals surface area contributed by atoms with Crippen molar-refractivity contribution in [2.45, 2.75) is 65.0 Å². The van der Waals surface area contributed by atoms with Gasteiger partial charge in [-0.15, -0.1) is 0 Å². The minimum Gasteiger partial charge on any atom is -0.354 e. The van der Waals surface area contributed by atoms with Crippen molar-refractivity contribution in [2.24, 2.45) is 11.8 Å². The summed E-state index contributed by atoms with van der Waals surface area (Å²) in [6.45, 7) is 4.66. The molecule has 0 spiro atoms. The second-order valence-electron chi connectivity index (χ2n) is 8.63. The summed E-state index contributed by atoms with van der Waals surface area (Å²) < 4.78 is 2.06. The summed E-state index contributed by atoms with van der Waals surface area (Å²) in [5.41, 5.74) is 3.04. The third-order valence-corrected chi connectivity index (χ3v) is 6.46. The van der Waals surface area contributed by atoms with E-state index in [0.29, 0.717) is 23.2 Å². The molecular weight excluding hydrogens is 402 g/mol. The van der Waals surface area contributed by atoms with Gasteiger partial charge in [0.05, 0.1) is 11.2 Å². The van der Waals surface area contributed by atoms with E-state index in [1.54, 1.807) is 6.20 Å². The first kappa shape index (κ1) is 20.8. The van der Waals surface area contributed by atoms with Crippen LogP contribution in [0.15, 0.2) is 18.5 Å². The van der Waals surface area contributed by atoms with Crippen LogP contribution in [0.2, 0.25) is 5.02 Å². The highest BCUT2D eigenvalue weighted by Gasteiger charge is 2.28. The molecule has 1 unspecified atom stereocenters. The summed E-state index contributed by atoms with van der Waals surface area (Å²) in [6, 6.07) is 1.90. The number of anilines is 1. The van der Waals surface area contributed by atoms with Gasteiger partial charge in [-0.2, -0.15) is 5.10 Å². The zero-order chi connectivity index (χ0) is 21.3. The number of hydrogen-bond acceptors (Lipinski definition) is 4. The molecule has 1 aliphatic carbocycles. The van der Waals surface area contributed by atoms with Crippen molar-refractivity contribution in [3.8, 4) is 11.1 Å². The fourth-order valence-electron chi connectivity index (χ4n) is 4.61. The molecule has 7 nitrogen and oxygen atoms in total. The minimum absolute atomic E-state index is 0.0519. The maximum Gasteiger partial charge on any atom is 0.228 e. The summed E-state index contributed by atoms with van der Waals surface area (Å²) >= 11 is 6.46. The molecule has 2 amide bonds. The zero-order valence-corrected chi connectivity index (χ0v) is 18.2. The van der Waals surface area contributed by atoms with Crippen LogP contribution in [0, 0.1) is 11.8 Å². The average Bonchev–Trinajstić information content (AvgIpc) is 3.12. The predicted molar refractivity (Wildman–Crippen MR) is 116 cm³/mol. The molecule has 0 saturated heterocycles. The highest BCUT2D eigenvalue weighted by molar-refractivity contribution is 6.33. The number of hydrogen-bond donors (Lipinski definition) is 2. The minimum atomic E-state index is -0.137. The molecule has 1 aliphatic heterocycles. The summed E-state index contributed by atoms with van der Waals surface area (Å²) in [6.07, 6.45) is 8.84. The van der Waals surface area contributed by atoms with Gasteiger partial charge >= 0.3 is 0 Å². The summed E-state index contributed by atoms with van der Waals surface area (Å²) in [5, 5.41) is 11.0. The van der Waals surface area contributed by atoms with E-state index in [1.165, 1.54) is 12.6 Å². The van der Waals surface area contributed by atoms with Crippen LogP contribution < -0.4 is 10.6 Å². The average molecular weight is 430 g/mol. The maximum atomic E-state index is 12.8. The van der Waals surface area contributed by atoms with E-state index in [9.17, 15) is 9.59 Å². The van der Waals surface area contributed by atoms with Gasteiger partial charge in [0.15, 0.2) is 0 Å². The van der Waals surface area contributed by atoms with Crippen LogP contribution >= 0.6 is 11.6 Å². The van der Waals surface area contributed by atoms with Crippen LogP contribution in [0.3, 0.4) is 0 Å². The van der Waals surface area contributed by atoms with E-state index in [2.05, 4.69) is 32.3 Å². The summed E-state index contributed by atoms with van der Waals surface area (Å²) in [5.74, 6) is 0.859. The van der Waals surface area contributed by atoms with Crippen LogP contribution in [0.1, 0.15) is 51.6 Å². The van der Waals surface area contributed by atoms with Crippen molar-refractivity contribution in [3.63, 3.8) is 0 Å². The Morgan fingerprint density at radius 3 is 2.83 bits per heavy atom. The number of fused-ring (bicyclic) bond motifs is 1. The van der Waals surface area contributed by atoms with Crippen LogP contribution in [0.4, 0.5) is 5.82 Å². The molecule has 3 atom stereocenters. The lowest BCUT2D eigenvalue weighted by Gasteiger charge is -2.28. The lowest BCUT2D eigenvalue weighted by molar-refractivity contribution is -0.123. The topological polar surface area (TPSA) is 88.9 Å². The monoisotopic (exact) mass is 429 g/mol. The van der Waals surface area contributed by atoms with E-state index in [0.717, 1.165) is 49.8 Å². The van der Waals surface area contributed by atoms with Gasteiger partial charge in [0, 0.05) is 48.4 Å². The van der Waals surface area contributed by atoms with E-state index in [-0.39, 0.29) is 23.8 Å². The standard InChI is InChI=1S/C22H28ClN5O2/c1-13-6-7-20-18(10-25-28(20)12-13)17-9-21(24-11-19(17)23)27-22(30)15-4-3-5-16(8-15)26-14(2)29/h9-11,13,15-16H,3-8,12H2,1-2H3,(H,26,29)(H,24,27,30)/t13?,15-,16+/m1/s1. The van der Waals surface area contributed by atoms with Gasteiger partial charge in [-0.3, -0.25) is 14.3 Å². The number of aromatic nitrogens is 3. The van der Waals surface area contributed by atoms with Gasteiger partial charge in [-0.25, -0.2) is 4.98 Å². The fourth-order valence-corrected chi connectivity index (χ4v) is 4.82. The maximum absolute atomic E-state index is 12.8. The quantitative estimate of drug-likeness (QED) is 0.773. The number of carbonyl (C=O) groups excluding carboxylic acids is 2. The first-order valence-electron chi connectivity index (χ1n) is 10.7.